The Bertz CT molecular complexity index is 206. The van der Waals surface area contributed by atoms with Crippen molar-refractivity contribution >= 4 is 11.6 Å². The molecule has 0 fully saturated rings. The molecule has 122 valence electrons. The molecule has 0 rings (SSSR count). The summed E-state index contributed by atoms with van der Waals surface area (Å²) in [5.41, 5.74) is 0. The fourth-order valence-corrected chi connectivity index (χ4v) is 2.91. The molecule has 0 aromatic heterocycles. The molecule has 0 aromatic carbocycles. The van der Waals surface area contributed by atoms with Crippen LogP contribution in [0.1, 0.15) is 97.3 Å². The van der Waals surface area contributed by atoms with E-state index in [1.54, 1.807) is 0 Å². The van der Waals surface area contributed by atoms with E-state index in [0.29, 0.717) is 0 Å². The van der Waals surface area contributed by atoms with Gasteiger partial charge in [-0.3, -0.25) is 4.90 Å². The van der Waals surface area contributed by atoms with Crippen LogP contribution in [0.4, 0.5) is 0 Å². The lowest BCUT2D eigenvalue weighted by Gasteiger charge is -2.33. The molecule has 20 heavy (non-hydrogen) atoms. The molecule has 0 aromatic rings. The van der Waals surface area contributed by atoms with Crippen molar-refractivity contribution in [1.29, 1.82) is 0 Å². The summed E-state index contributed by atoms with van der Waals surface area (Å²) in [6.45, 7) is 4.47. The van der Waals surface area contributed by atoms with Crippen molar-refractivity contribution < 1.29 is 0 Å². The highest BCUT2D eigenvalue weighted by Gasteiger charge is 2.26. The smallest absolute Gasteiger partial charge is 0.0952 e. The summed E-state index contributed by atoms with van der Waals surface area (Å²) in [4.78, 5) is 2.06. The molecule has 2 heteroatoms. The second-order valence-corrected chi connectivity index (χ2v) is 7.16. The minimum atomic E-state index is -0.112. The molecule has 1 atom stereocenters. The van der Waals surface area contributed by atoms with Gasteiger partial charge in [0.2, 0.25) is 0 Å². The minimum absolute atomic E-state index is 0.112. The van der Waals surface area contributed by atoms with Crippen LogP contribution >= 0.6 is 11.6 Å². The van der Waals surface area contributed by atoms with E-state index in [9.17, 15) is 0 Å². The molecule has 1 unspecified atom stereocenters. The van der Waals surface area contributed by atoms with Crippen LogP contribution in [-0.4, -0.2) is 24.0 Å². The first-order chi connectivity index (χ1) is 9.56. The molecular formula is C18H38ClN. The largest absolute Gasteiger partial charge is 0.291 e. The van der Waals surface area contributed by atoms with Gasteiger partial charge in [0.15, 0.2) is 0 Å². The maximum absolute atomic E-state index is 6.61. The van der Waals surface area contributed by atoms with Gasteiger partial charge in [0.25, 0.3) is 0 Å². The van der Waals surface area contributed by atoms with Crippen molar-refractivity contribution in [3.8, 4) is 0 Å². The van der Waals surface area contributed by atoms with Gasteiger partial charge in [0.05, 0.1) is 5.00 Å². The first-order valence-electron chi connectivity index (χ1n) is 8.93. The molecule has 0 amide bonds. The van der Waals surface area contributed by atoms with Crippen LogP contribution in [-0.2, 0) is 0 Å². The fourth-order valence-electron chi connectivity index (χ4n) is 2.78. The van der Waals surface area contributed by atoms with E-state index in [4.69, 9.17) is 11.6 Å². The standard InChI is InChI=1S/C18H38ClN/c1-5-7-8-9-10-11-12-13-14-15-16-17-18(19,6-2)20(3)4/h5-17H2,1-4H3. The van der Waals surface area contributed by atoms with E-state index >= 15 is 0 Å². The molecule has 0 aliphatic carbocycles. The van der Waals surface area contributed by atoms with E-state index < -0.39 is 0 Å². The Hall–Kier alpha value is 0.250. The van der Waals surface area contributed by atoms with Crippen molar-refractivity contribution in [2.75, 3.05) is 14.1 Å². The van der Waals surface area contributed by atoms with E-state index in [1.165, 1.54) is 70.6 Å². The van der Waals surface area contributed by atoms with Crippen LogP contribution in [0.25, 0.3) is 0 Å². The molecule has 0 saturated heterocycles. The van der Waals surface area contributed by atoms with Crippen LogP contribution in [0.3, 0.4) is 0 Å². The predicted molar refractivity (Wildman–Crippen MR) is 93.6 cm³/mol. The van der Waals surface area contributed by atoms with Crippen LogP contribution in [0.5, 0.6) is 0 Å². The SMILES string of the molecule is CCCCCCCCCCCCCC(Cl)(CC)N(C)C. The molecule has 0 spiro atoms. The zero-order valence-electron chi connectivity index (χ0n) is 14.5. The number of rotatable bonds is 14. The third kappa shape index (κ3) is 10.0. The summed E-state index contributed by atoms with van der Waals surface area (Å²) >= 11 is 6.61. The van der Waals surface area contributed by atoms with Crippen LogP contribution in [0.15, 0.2) is 0 Å². The van der Waals surface area contributed by atoms with Crippen molar-refractivity contribution in [2.24, 2.45) is 0 Å². The van der Waals surface area contributed by atoms with E-state index in [2.05, 4.69) is 32.8 Å². The topological polar surface area (TPSA) is 3.24 Å². The summed E-state index contributed by atoms with van der Waals surface area (Å²) in [7, 11) is 4.18. The number of alkyl halides is 1. The summed E-state index contributed by atoms with van der Waals surface area (Å²) in [5.74, 6) is 0. The Morgan fingerprint density at radius 3 is 1.45 bits per heavy atom. The zero-order chi connectivity index (χ0) is 15.3. The lowest BCUT2D eigenvalue weighted by atomic mass is 10.0. The fraction of sp³-hybridized carbons (Fsp3) is 1.00. The highest BCUT2D eigenvalue weighted by Crippen LogP contribution is 2.29. The predicted octanol–water partition coefficient (Wildman–Crippen LogP) is 6.59. The number of halogens is 1. The molecule has 0 saturated carbocycles. The highest BCUT2D eigenvalue weighted by molar-refractivity contribution is 6.23. The zero-order valence-corrected chi connectivity index (χ0v) is 15.3. The van der Waals surface area contributed by atoms with Crippen molar-refractivity contribution in [3.05, 3.63) is 0 Å². The van der Waals surface area contributed by atoms with Crippen molar-refractivity contribution in [3.63, 3.8) is 0 Å². The molecule has 1 nitrogen and oxygen atoms in total. The lowest BCUT2D eigenvalue weighted by Crippen LogP contribution is -2.37. The van der Waals surface area contributed by atoms with Crippen LogP contribution < -0.4 is 0 Å². The average Bonchev–Trinajstić information content (AvgIpc) is 2.44. The maximum Gasteiger partial charge on any atom is 0.0952 e. The summed E-state index contributed by atoms with van der Waals surface area (Å²) in [6.07, 6.45) is 17.5. The van der Waals surface area contributed by atoms with Gasteiger partial charge in [-0.2, -0.15) is 0 Å². The minimum Gasteiger partial charge on any atom is -0.291 e. The van der Waals surface area contributed by atoms with Gasteiger partial charge < -0.3 is 0 Å². The van der Waals surface area contributed by atoms with Crippen molar-refractivity contribution in [1.82, 2.24) is 4.90 Å². The molecular weight excluding hydrogens is 266 g/mol. The van der Waals surface area contributed by atoms with Crippen LogP contribution in [0, 0.1) is 0 Å². The van der Waals surface area contributed by atoms with Gasteiger partial charge >= 0.3 is 0 Å². The molecule has 0 heterocycles. The maximum atomic E-state index is 6.61. The van der Waals surface area contributed by atoms with Gasteiger partial charge in [-0.25, -0.2) is 0 Å². The Morgan fingerprint density at radius 2 is 1.10 bits per heavy atom. The Balaban J connectivity index is 3.32. The number of hydrogen-bond acceptors (Lipinski definition) is 1. The van der Waals surface area contributed by atoms with Gasteiger partial charge in [0, 0.05) is 0 Å². The van der Waals surface area contributed by atoms with Gasteiger partial charge in [-0.15, -0.1) is 11.6 Å². The second kappa shape index (κ2) is 13.0. The van der Waals surface area contributed by atoms with E-state index in [1.807, 2.05) is 0 Å². The van der Waals surface area contributed by atoms with Crippen LogP contribution in [0.2, 0.25) is 0 Å². The third-order valence-electron chi connectivity index (χ3n) is 4.51. The normalized spacial score (nSPS) is 14.7. The number of unbranched alkanes of at least 4 members (excludes halogenated alkanes) is 10. The Kier molecular flexibility index (Phi) is 13.1. The quantitative estimate of drug-likeness (QED) is 0.199. The first kappa shape index (κ1) is 20.2. The first-order valence-corrected chi connectivity index (χ1v) is 9.31. The molecule has 0 aliphatic heterocycles. The lowest BCUT2D eigenvalue weighted by molar-refractivity contribution is 0.220. The Morgan fingerprint density at radius 1 is 0.700 bits per heavy atom. The second-order valence-electron chi connectivity index (χ2n) is 6.45. The summed E-state index contributed by atoms with van der Waals surface area (Å²) < 4.78 is 0. The average molecular weight is 304 g/mol. The summed E-state index contributed by atoms with van der Waals surface area (Å²) in [5, 5.41) is 0. The van der Waals surface area contributed by atoms with Gasteiger partial charge in [-0.1, -0.05) is 84.5 Å². The van der Waals surface area contributed by atoms with Gasteiger partial charge in [-0.05, 0) is 26.9 Å². The Labute approximate surface area is 133 Å². The molecule has 0 radical (unpaired) electrons. The van der Waals surface area contributed by atoms with Gasteiger partial charge in [0.1, 0.15) is 0 Å². The summed E-state index contributed by atoms with van der Waals surface area (Å²) in [6, 6.07) is 0. The van der Waals surface area contributed by atoms with E-state index in [0.717, 1.165) is 12.8 Å². The third-order valence-corrected chi connectivity index (χ3v) is 5.30. The molecule has 0 bridgehead atoms. The molecule has 0 aliphatic rings. The number of nitrogens with zero attached hydrogens (tertiary/aromatic N) is 1. The molecule has 0 N–H and O–H groups in total. The van der Waals surface area contributed by atoms with E-state index in [-0.39, 0.29) is 5.00 Å². The monoisotopic (exact) mass is 303 g/mol. The highest BCUT2D eigenvalue weighted by atomic mass is 35.5. The van der Waals surface area contributed by atoms with Crippen molar-refractivity contribution in [2.45, 2.75) is 102 Å². The number of hydrogen-bond donors (Lipinski definition) is 0.